The van der Waals surface area contributed by atoms with Gasteiger partial charge in [-0.1, -0.05) is 60.7 Å². The van der Waals surface area contributed by atoms with Gasteiger partial charge < -0.3 is 14.9 Å². The van der Waals surface area contributed by atoms with E-state index in [0.29, 0.717) is 25.9 Å². The predicted molar refractivity (Wildman–Crippen MR) is 102 cm³/mol. The van der Waals surface area contributed by atoms with E-state index in [1.165, 1.54) is 0 Å². The van der Waals surface area contributed by atoms with Gasteiger partial charge >= 0.3 is 0 Å². The molecule has 140 valence electrons. The van der Waals surface area contributed by atoms with E-state index in [0.717, 1.165) is 11.1 Å². The maximum atomic E-state index is 13.1. The van der Waals surface area contributed by atoms with Gasteiger partial charge in [0.2, 0.25) is 11.8 Å². The number of aliphatic hydroxyl groups is 1. The lowest BCUT2D eigenvalue weighted by Gasteiger charge is -2.44. The second-order valence-corrected chi connectivity index (χ2v) is 7.37. The molecule has 2 aromatic carbocycles. The number of aliphatic hydroxyl groups excluding tert-OH is 1. The first-order chi connectivity index (χ1) is 13.1. The third-order valence-corrected chi connectivity index (χ3v) is 5.62. The van der Waals surface area contributed by atoms with Crippen LogP contribution in [0, 0.1) is 0 Å². The first-order valence-corrected chi connectivity index (χ1v) is 9.49. The molecule has 2 saturated heterocycles. The van der Waals surface area contributed by atoms with E-state index in [1.807, 2.05) is 36.4 Å². The van der Waals surface area contributed by atoms with Crippen LogP contribution in [0.2, 0.25) is 0 Å². The summed E-state index contributed by atoms with van der Waals surface area (Å²) in [7, 11) is 0. The average Bonchev–Trinajstić information content (AvgIpc) is 2.71. The molecule has 5 heteroatoms. The van der Waals surface area contributed by atoms with E-state index in [4.69, 9.17) is 0 Å². The van der Waals surface area contributed by atoms with Crippen molar-refractivity contribution in [1.29, 1.82) is 0 Å². The molecule has 0 aliphatic carbocycles. The number of fused-ring (bicyclic) bond motifs is 1. The lowest BCUT2D eigenvalue weighted by molar-refractivity contribution is -0.160. The Labute approximate surface area is 159 Å². The second-order valence-electron chi connectivity index (χ2n) is 7.37. The molecule has 2 aliphatic rings. The number of amides is 2. The number of piperazine rings is 1. The van der Waals surface area contributed by atoms with Gasteiger partial charge in [-0.05, 0) is 17.5 Å². The number of carbonyl (C=O) groups is 2. The Bertz CT molecular complexity index is 769. The molecule has 4 rings (SSSR count). The van der Waals surface area contributed by atoms with Crippen molar-refractivity contribution in [2.24, 2.45) is 0 Å². The molecule has 2 atom stereocenters. The number of hydrogen-bond acceptors (Lipinski definition) is 3. The fraction of sp³-hybridized carbons (Fsp3) is 0.364. The molecule has 2 aliphatic heterocycles. The van der Waals surface area contributed by atoms with E-state index in [-0.39, 0.29) is 24.3 Å². The van der Waals surface area contributed by atoms with Gasteiger partial charge in [-0.15, -0.1) is 0 Å². The molecule has 27 heavy (non-hydrogen) atoms. The maximum absolute atomic E-state index is 13.1. The SMILES string of the molecule is O=C1[C@H]2C[C@@H](O)CCN2C(=O)CN1CC(c1ccccc1)c1ccccc1. The normalized spacial score (nSPS) is 22.9. The maximum Gasteiger partial charge on any atom is 0.245 e. The molecule has 0 bridgehead atoms. The van der Waals surface area contributed by atoms with Crippen molar-refractivity contribution < 1.29 is 14.7 Å². The summed E-state index contributed by atoms with van der Waals surface area (Å²) in [6.45, 7) is 1.03. The number of benzene rings is 2. The number of nitrogens with zero attached hydrogens (tertiary/aromatic N) is 2. The highest BCUT2D eigenvalue weighted by Gasteiger charge is 2.43. The van der Waals surface area contributed by atoms with Crippen molar-refractivity contribution in [1.82, 2.24) is 9.80 Å². The van der Waals surface area contributed by atoms with Crippen LogP contribution >= 0.6 is 0 Å². The van der Waals surface area contributed by atoms with Crippen LogP contribution in [0.4, 0.5) is 0 Å². The summed E-state index contributed by atoms with van der Waals surface area (Å²) in [5.41, 5.74) is 2.24. The summed E-state index contributed by atoms with van der Waals surface area (Å²) >= 11 is 0. The molecule has 0 aromatic heterocycles. The third-order valence-electron chi connectivity index (χ3n) is 5.62. The van der Waals surface area contributed by atoms with Crippen molar-refractivity contribution in [3.05, 3.63) is 71.8 Å². The van der Waals surface area contributed by atoms with Crippen molar-refractivity contribution in [3.8, 4) is 0 Å². The zero-order valence-electron chi connectivity index (χ0n) is 15.2. The van der Waals surface area contributed by atoms with E-state index < -0.39 is 12.1 Å². The first kappa shape index (κ1) is 17.7. The Morgan fingerprint density at radius 3 is 2.15 bits per heavy atom. The minimum atomic E-state index is -0.526. The summed E-state index contributed by atoms with van der Waals surface area (Å²) in [6.07, 6.45) is 0.371. The molecule has 0 radical (unpaired) electrons. The molecule has 2 aromatic rings. The Morgan fingerprint density at radius 1 is 0.963 bits per heavy atom. The fourth-order valence-electron chi connectivity index (χ4n) is 4.17. The molecule has 1 N–H and O–H groups in total. The second kappa shape index (κ2) is 7.53. The smallest absolute Gasteiger partial charge is 0.245 e. The lowest BCUT2D eigenvalue weighted by atomic mass is 9.89. The third kappa shape index (κ3) is 3.60. The van der Waals surface area contributed by atoms with Crippen LogP contribution in [0.3, 0.4) is 0 Å². The number of carbonyl (C=O) groups excluding carboxylic acids is 2. The highest BCUT2D eigenvalue weighted by atomic mass is 16.3. The van der Waals surface area contributed by atoms with Gasteiger partial charge in [0.1, 0.15) is 6.04 Å². The Balaban J connectivity index is 1.61. The summed E-state index contributed by atoms with van der Waals surface area (Å²) in [5, 5.41) is 9.97. The van der Waals surface area contributed by atoms with Gasteiger partial charge in [-0.25, -0.2) is 0 Å². The van der Waals surface area contributed by atoms with Crippen LogP contribution in [0.5, 0.6) is 0 Å². The molecule has 0 spiro atoms. The highest BCUT2D eigenvalue weighted by molar-refractivity contribution is 5.95. The van der Waals surface area contributed by atoms with Crippen LogP contribution < -0.4 is 0 Å². The van der Waals surface area contributed by atoms with Gasteiger partial charge in [-0.2, -0.15) is 0 Å². The van der Waals surface area contributed by atoms with E-state index >= 15 is 0 Å². The predicted octanol–water partition coefficient (Wildman–Crippen LogP) is 2.01. The van der Waals surface area contributed by atoms with Gasteiger partial charge in [0.15, 0.2) is 0 Å². The summed E-state index contributed by atoms with van der Waals surface area (Å²) in [5.74, 6) is -0.0687. The van der Waals surface area contributed by atoms with Crippen LogP contribution in [0.1, 0.15) is 29.9 Å². The average molecular weight is 364 g/mol. The van der Waals surface area contributed by atoms with Gasteiger partial charge in [0.05, 0.1) is 12.6 Å². The topological polar surface area (TPSA) is 60.9 Å². The zero-order chi connectivity index (χ0) is 18.8. The Kier molecular flexibility index (Phi) is 4.94. The lowest BCUT2D eigenvalue weighted by Crippen LogP contribution is -2.63. The minimum Gasteiger partial charge on any atom is -0.393 e. The van der Waals surface area contributed by atoms with Crippen LogP contribution in [0.25, 0.3) is 0 Å². The summed E-state index contributed by atoms with van der Waals surface area (Å²) in [4.78, 5) is 29.0. The molecular formula is C22H24N2O3. The molecule has 2 fully saturated rings. The van der Waals surface area contributed by atoms with Crippen LogP contribution in [-0.4, -0.2) is 58.5 Å². The van der Waals surface area contributed by atoms with Crippen molar-refractivity contribution in [2.45, 2.75) is 30.9 Å². The van der Waals surface area contributed by atoms with Gasteiger partial charge in [0.25, 0.3) is 0 Å². The zero-order valence-corrected chi connectivity index (χ0v) is 15.2. The van der Waals surface area contributed by atoms with Crippen molar-refractivity contribution in [2.75, 3.05) is 19.6 Å². The molecule has 2 heterocycles. The van der Waals surface area contributed by atoms with Crippen LogP contribution in [0.15, 0.2) is 60.7 Å². The molecule has 2 amide bonds. The number of hydrogen-bond donors (Lipinski definition) is 1. The van der Waals surface area contributed by atoms with Crippen molar-refractivity contribution >= 4 is 11.8 Å². The summed E-state index contributed by atoms with van der Waals surface area (Å²) in [6, 6.07) is 19.6. The van der Waals surface area contributed by atoms with Gasteiger partial charge in [0, 0.05) is 25.4 Å². The van der Waals surface area contributed by atoms with E-state index in [2.05, 4.69) is 24.3 Å². The Morgan fingerprint density at radius 2 is 1.56 bits per heavy atom. The minimum absolute atomic E-state index is 0.00390. The molecule has 5 nitrogen and oxygen atoms in total. The first-order valence-electron chi connectivity index (χ1n) is 9.49. The molecular weight excluding hydrogens is 340 g/mol. The quantitative estimate of drug-likeness (QED) is 0.903. The van der Waals surface area contributed by atoms with E-state index in [9.17, 15) is 14.7 Å². The number of rotatable bonds is 4. The standard InChI is InChI=1S/C22H24N2O3/c25-18-11-12-24-20(13-18)22(27)23(15-21(24)26)14-19(16-7-3-1-4-8-16)17-9-5-2-6-10-17/h1-10,18-20,25H,11-15H2/t18-,20+/m0/s1. The fourth-order valence-corrected chi connectivity index (χ4v) is 4.17. The van der Waals surface area contributed by atoms with Crippen LogP contribution in [-0.2, 0) is 9.59 Å². The van der Waals surface area contributed by atoms with Gasteiger partial charge in [-0.3, -0.25) is 9.59 Å². The number of piperidine rings is 1. The molecule has 0 saturated carbocycles. The highest BCUT2D eigenvalue weighted by Crippen LogP contribution is 2.29. The monoisotopic (exact) mass is 364 g/mol. The largest absolute Gasteiger partial charge is 0.393 e. The van der Waals surface area contributed by atoms with Crippen molar-refractivity contribution in [3.63, 3.8) is 0 Å². The summed E-state index contributed by atoms with van der Waals surface area (Å²) < 4.78 is 0. The Hall–Kier alpha value is -2.66. The molecule has 0 unspecified atom stereocenters. The van der Waals surface area contributed by atoms with E-state index in [1.54, 1.807) is 9.80 Å².